The highest BCUT2D eigenvalue weighted by molar-refractivity contribution is 7.09. The third-order valence-electron chi connectivity index (χ3n) is 2.84. The molecule has 0 aliphatic heterocycles. The van der Waals surface area contributed by atoms with Crippen LogP contribution in [0.3, 0.4) is 0 Å². The SMILES string of the molecule is NC(CCC(=O)OCc1cccs1)c1ccccc1. The molecule has 0 bridgehead atoms. The second kappa shape index (κ2) is 7.07. The van der Waals surface area contributed by atoms with Crippen LogP contribution in [-0.2, 0) is 16.1 Å². The second-order valence-corrected chi connectivity index (χ2v) is 5.33. The van der Waals surface area contributed by atoms with Crippen molar-refractivity contribution in [1.29, 1.82) is 0 Å². The van der Waals surface area contributed by atoms with E-state index in [1.54, 1.807) is 11.3 Å². The molecule has 2 rings (SSSR count). The minimum Gasteiger partial charge on any atom is -0.460 e. The lowest BCUT2D eigenvalue weighted by atomic mass is 10.0. The predicted molar refractivity (Wildman–Crippen MR) is 76.7 cm³/mol. The Morgan fingerprint density at radius 2 is 2.00 bits per heavy atom. The standard InChI is InChI=1S/C15H17NO2S/c16-14(12-5-2-1-3-6-12)8-9-15(17)18-11-13-7-4-10-19-13/h1-7,10,14H,8-9,11,16H2. The average molecular weight is 275 g/mol. The summed E-state index contributed by atoms with van der Waals surface area (Å²) in [4.78, 5) is 12.7. The van der Waals surface area contributed by atoms with Crippen molar-refractivity contribution in [3.63, 3.8) is 0 Å². The molecule has 0 saturated heterocycles. The third kappa shape index (κ3) is 4.50. The van der Waals surface area contributed by atoms with Crippen molar-refractivity contribution in [2.45, 2.75) is 25.5 Å². The molecule has 19 heavy (non-hydrogen) atoms. The first-order chi connectivity index (χ1) is 9.25. The van der Waals surface area contributed by atoms with Gasteiger partial charge in [0.2, 0.25) is 0 Å². The molecule has 4 heteroatoms. The van der Waals surface area contributed by atoms with Gasteiger partial charge in [0.15, 0.2) is 0 Å². The average Bonchev–Trinajstić information content (AvgIpc) is 2.96. The molecule has 0 fully saturated rings. The summed E-state index contributed by atoms with van der Waals surface area (Å²) < 4.78 is 5.19. The lowest BCUT2D eigenvalue weighted by Gasteiger charge is -2.11. The van der Waals surface area contributed by atoms with Crippen LogP contribution in [0.5, 0.6) is 0 Å². The molecule has 1 aromatic carbocycles. The van der Waals surface area contributed by atoms with Crippen LogP contribution in [0.1, 0.15) is 29.3 Å². The first kappa shape index (κ1) is 13.8. The quantitative estimate of drug-likeness (QED) is 0.823. The minimum absolute atomic E-state index is 0.115. The highest BCUT2D eigenvalue weighted by Gasteiger charge is 2.10. The van der Waals surface area contributed by atoms with E-state index in [2.05, 4.69) is 0 Å². The summed E-state index contributed by atoms with van der Waals surface area (Å²) in [6.45, 7) is 0.358. The van der Waals surface area contributed by atoms with Gasteiger partial charge in [0.1, 0.15) is 6.61 Å². The number of nitrogens with two attached hydrogens (primary N) is 1. The Labute approximate surface area is 117 Å². The van der Waals surface area contributed by atoms with E-state index in [1.165, 1.54) is 0 Å². The molecule has 0 saturated carbocycles. The molecule has 0 spiro atoms. The Bertz CT molecular complexity index is 496. The molecule has 0 aliphatic rings. The molecular weight excluding hydrogens is 258 g/mol. The molecule has 0 radical (unpaired) electrons. The van der Waals surface area contributed by atoms with Crippen molar-refractivity contribution in [2.24, 2.45) is 5.73 Å². The van der Waals surface area contributed by atoms with Crippen molar-refractivity contribution >= 4 is 17.3 Å². The van der Waals surface area contributed by atoms with Crippen LogP contribution in [0.15, 0.2) is 47.8 Å². The molecule has 1 unspecified atom stereocenters. The summed E-state index contributed by atoms with van der Waals surface area (Å²) in [7, 11) is 0. The highest BCUT2D eigenvalue weighted by atomic mass is 32.1. The molecule has 1 atom stereocenters. The van der Waals surface area contributed by atoms with Crippen molar-refractivity contribution in [3.05, 3.63) is 58.3 Å². The second-order valence-electron chi connectivity index (χ2n) is 4.30. The van der Waals surface area contributed by atoms with Gasteiger partial charge >= 0.3 is 5.97 Å². The summed E-state index contributed by atoms with van der Waals surface area (Å²) in [6.07, 6.45) is 0.953. The first-order valence-corrected chi connectivity index (χ1v) is 7.12. The van der Waals surface area contributed by atoms with Crippen LogP contribution in [0.2, 0.25) is 0 Å². The number of ether oxygens (including phenoxy) is 1. The number of carbonyl (C=O) groups excluding carboxylic acids is 1. The molecule has 2 N–H and O–H groups in total. The van der Waals surface area contributed by atoms with Gasteiger partial charge in [-0.25, -0.2) is 0 Å². The van der Waals surface area contributed by atoms with E-state index in [1.807, 2.05) is 47.8 Å². The normalized spacial score (nSPS) is 12.1. The Morgan fingerprint density at radius 1 is 1.21 bits per heavy atom. The van der Waals surface area contributed by atoms with E-state index in [0.717, 1.165) is 10.4 Å². The summed E-state index contributed by atoms with van der Waals surface area (Å²) in [6, 6.07) is 13.6. The highest BCUT2D eigenvalue weighted by Crippen LogP contribution is 2.16. The van der Waals surface area contributed by atoms with Crippen LogP contribution in [-0.4, -0.2) is 5.97 Å². The zero-order chi connectivity index (χ0) is 13.5. The van der Waals surface area contributed by atoms with Crippen LogP contribution >= 0.6 is 11.3 Å². The Kier molecular flexibility index (Phi) is 5.12. The Hall–Kier alpha value is -1.65. The zero-order valence-electron chi connectivity index (χ0n) is 10.6. The fourth-order valence-corrected chi connectivity index (χ4v) is 2.37. The van der Waals surface area contributed by atoms with Crippen LogP contribution < -0.4 is 5.73 Å². The molecule has 1 heterocycles. The van der Waals surface area contributed by atoms with Gasteiger partial charge < -0.3 is 10.5 Å². The van der Waals surface area contributed by atoms with E-state index in [-0.39, 0.29) is 12.0 Å². The van der Waals surface area contributed by atoms with Gasteiger partial charge in [0, 0.05) is 17.3 Å². The summed E-state index contributed by atoms with van der Waals surface area (Å²) >= 11 is 1.58. The number of carbonyl (C=O) groups is 1. The predicted octanol–water partition coefficient (Wildman–Crippen LogP) is 3.27. The van der Waals surface area contributed by atoms with E-state index in [9.17, 15) is 4.79 Å². The maximum atomic E-state index is 11.6. The molecule has 0 amide bonds. The summed E-state index contributed by atoms with van der Waals surface area (Å²) in [5, 5.41) is 1.97. The van der Waals surface area contributed by atoms with Crippen molar-refractivity contribution in [1.82, 2.24) is 0 Å². The van der Waals surface area contributed by atoms with Gasteiger partial charge in [-0.05, 0) is 23.4 Å². The van der Waals surface area contributed by atoms with Crippen molar-refractivity contribution in [2.75, 3.05) is 0 Å². The maximum Gasteiger partial charge on any atom is 0.306 e. The van der Waals surface area contributed by atoms with Crippen molar-refractivity contribution in [3.8, 4) is 0 Å². The fraction of sp³-hybridized carbons (Fsp3) is 0.267. The number of rotatable bonds is 6. The summed E-state index contributed by atoms with van der Waals surface area (Å²) in [5.41, 5.74) is 7.08. The number of benzene rings is 1. The van der Waals surface area contributed by atoms with E-state index in [0.29, 0.717) is 19.4 Å². The largest absolute Gasteiger partial charge is 0.460 e. The fourth-order valence-electron chi connectivity index (χ4n) is 1.76. The monoisotopic (exact) mass is 275 g/mol. The van der Waals surface area contributed by atoms with E-state index >= 15 is 0 Å². The lowest BCUT2D eigenvalue weighted by Crippen LogP contribution is -2.13. The topological polar surface area (TPSA) is 52.3 Å². The van der Waals surface area contributed by atoms with Gasteiger partial charge in [0.25, 0.3) is 0 Å². The van der Waals surface area contributed by atoms with Crippen LogP contribution in [0, 0.1) is 0 Å². The smallest absolute Gasteiger partial charge is 0.306 e. The molecule has 100 valence electrons. The zero-order valence-corrected chi connectivity index (χ0v) is 11.4. The summed E-state index contributed by atoms with van der Waals surface area (Å²) in [5.74, 6) is -0.195. The molecule has 0 aliphatic carbocycles. The first-order valence-electron chi connectivity index (χ1n) is 6.24. The van der Waals surface area contributed by atoms with Gasteiger partial charge in [-0.1, -0.05) is 36.4 Å². The minimum atomic E-state index is -0.195. The number of hydrogen-bond acceptors (Lipinski definition) is 4. The van der Waals surface area contributed by atoms with Crippen LogP contribution in [0.25, 0.3) is 0 Å². The van der Waals surface area contributed by atoms with Crippen LogP contribution in [0.4, 0.5) is 0 Å². The maximum absolute atomic E-state index is 11.6. The van der Waals surface area contributed by atoms with Gasteiger partial charge in [0.05, 0.1) is 0 Å². The molecule has 2 aromatic rings. The van der Waals surface area contributed by atoms with Gasteiger partial charge in [-0.3, -0.25) is 4.79 Å². The Morgan fingerprint density at radius 3 is 2.68 bits per heavy atom. The van der Waals surface area contributed by atoms with E-state index < -0.39 is 0 Å². The van der Waals surface area contributed by atoms with E-state index in [4.69, 9.17) is 10.5 Å². The molecule has 1 aromatic heterocycles. The number of hydrogen-bond donors (Lipinski definition) is 1. The molecule has 3 nitrogen and oxygen atoms in total. The third-order valence-corrected chi connectivity index (χ3v) is 3.69. The number of esters is 1. The van der Waals surface area contributed by atoms with Crippen molar-refractivity contribution < 1.29 is 9.53 Å². The Balaban J connectivity index is 1.71. The lowest BCUT2D eigenvalue weighted by molar-refractivity contribution is -0.145. The van der Waals surface area contributed by atoms with Gasteiger partial charge in [-0.2, -0.15) is 0 Å². The number of thiophene rings is 1. The molecular formula is C15H17NO2S. The van der Waals surface area contributed by atoms with Gasteiger partial charge in [-0.15, -0.1) is 11.3 Å².